The van der Waals surface area contributed by atoms with E-state index in [-0.39, 0.29) is 6.03 Å². The Hall–Kier alpha value is -1.70. The summed E-state index contributed by atoms with van der Waals surface area (Å²) in [6.07, 6.45) is 2.53. The normalized spacial score (nSPS) is 18.3. The van der Waals surface area contributed by atoms with Crippen LogP contribution < -0.4 is 10.6 Å². The minimum Gasteiger partial charge on any atom is -0.297 e. The number of piperidine rings is 1. The fraction of sp³-hybridized carbons (Fsp3) is 0.438. The molecule has 8 heteroatoms. The number of pyridine rings is 1. The highest BCUT2D eigenvalue weighted by molar-refractivity contribution is 7.14. The largest absolute Gasteiger partial charge is 0.326 e. The Morgan fingerprint density at radius 3 is 2.96 bits per heavy atom. The van der Waals surface area contributed by atoms with Gasteiger partial charge in [-0.1, -0.05) is 24.6 Å². The maximum absolute atomic E-state index is 12.0. The Morgan fingerprint density at radius 1 is 1.38 bits per heavy atom. The Bertz CT molecular complexity index is 707. The molecule has 2 amide bonds. The molecule has 0 spiro atoms. The van der Waals surface area contributed by atoms with Gasteiger partial charge in [0.2, 0.25) is 0 Å². The molecule has 3 heterocycles. The lowest BCUT2D eigenvalue weighted by Gasteiger charge is -2.30. The molecule has 1 unspecified atom stereocenters. The quantitative estimate of drug-likeness (QED) is 0.856. The molecule has 2 aromatic heterocycles. The van der Waals surface area contributed by atoms with Crippen molar-refractivity contribution >= 4 is 40.6 Å². The monoisotopic (exact) mass is 365 g/mol. The number of likely N-dealkylation sites (tertiary alicyclic amines) is 1. The van der Waals surface area contributed by atoms with Gasteiger partial charge in [0.15, 0.2) is 4.47 Å². The number of nitrogens with zero attached hydrogens (tertiary/aromatic N) is 3. The number of rotatable bonds is 4. The third-order valence-corrected chi connectivity index (χ3v) is 4.87. The van der Waals surface area contributed by atoms with Gasteiger partial charge in [0.25, 0.3) is 0 Å². The molecule has 3 rings (SSSR count). The van der Waals surface area contributed by atoms with Crippen LogP contribution in [0.15, 0.2) is 23.6 Å². The highest BCUT2D eigenvalue weighted by Crippen LogP contribution is 2.19. The maximum Gasteiger partial charge on any atom is 0.326 e. The van der Waals surface area contributed by atoms with Gasteiger partial charge < -0.3 is 0 Å². The van der Waals surface area contributed by atoms with Crippen molar-refractivity contribution in [2.24, 2.45) is 5.92 Å². The lowest BCUT2D eigenvalue weighted by molar-refractivity contribution is 0.175. The number of carbonyl (C=O) groups is 1. The van der Waals surface area contributed by atoms with E-state index in [0.29, 0.717) is 16.1 Å². The summed E-state index contributed by atoms with van der Waals surface area (Å²) in [6.45, 7) is 5.30. The lowest BCUT2D eigenvalue weighted by atomic mass is 10.0. The molecule has 1 fully saturated rings. The number of amides is 2. The average Bonchev–Trinajstić information content (AvgIpc) is 2.92. The third kappa shape index (κ3) is 4.90. The van der Waals surface area contributed by atoms with Crippen LogP contribution in [0.1, 0.15) is 25.5 Å². The van der Waals surface area contributed by atoms with Gasteiger partial charge in [0.05, 0.1) is 5.69 Å². The molecule has 1 aliphatic rings. The summed E-state index contributed by atoms with van der Waals surface area (Å²) in [5.74, 6) is 1.69. The van der Waals surface area contributed by atoms with E-state index in [4.69, 9.17) is 11.6 Å². The highest BCUT2D eigenvalue weighted by atomic mass is 35.5. The molecular weight excluding hydrogens is 346 g/mol. The van der Waals surface area contributed by atoms with Crippen molar-refractivity contribution in [2.75, 3.05) is 23.7 Å². The first-order chi connectivity index (χ1) is 11.6. The standard InChI is InChI=1S/C16H20ClN5OS/c1-11-4-3-7-22(8-11)9-12-5-2-6-13(18-12)20-16(23)21-14-10-24-15(17)19-14/h2,5-6,10-11H,3-4,7-9H2,1H3,(H2,18,20,21,23). The van der Waals surface area contributed by atoms with E-state index >= 15 is 0 Å². The molecule has 1 saturated heterocycles. The van der Waals surface area contributed by atoms with Crippen LogP contribution in [0, 0.1) is 5.92 Å². The van der Waals surface area contributed by atoms with Gasteiger partial charge in [0.1, 0.15) is 11.6 Å². The highest BCUT2D eigenvalue weighted by Gasteiger charge is 2.17. The Labute approximate surface area is 150 Å². The average molecular weight is 366 g/mol. The Kier molecular flexibility index (Phi) is 5.65. The van der Waals surface area contributed by atoms with Gasteiger partial charge in [-0.3, -0.25) is 15.5 Å². The van der Waals surface area contributed by atoms with Crippen LogP contribution >= 0.6 is 22.9 Å². The van der Waals surface area contributed by atoms with Crippen molar-refractivity contribution in [1.29, 1.82) is 0 Å². The number of thiazole rings is 1. The fourth-order valence-electron chi connectivity index (χ4n) is 2.87. The number of carbonyl (C=O) groups excluding carboxylic acids is 1. The van der Waals surface area contributed by atoms with Gasteiger partial charge in [-0.2, -0.15) is 0 Å². The van der Waals surface area contributed by atoms with Crippen LogP contribution in [0.2, 0.25) is 4.47 Å². The zero-order chi connectivity index (χ0) is 16.9. The number of hydrogen-bond donors (Lipinski definition) is 2. The van der Waals surface area contributed by atoms with Crippen LogP contribution in [-0.2, 0) is 6.54 Å². The van der Waals surface area contributed by atoms with Crippen molar-refractivity contribution in [3.05, 3.63) is 33.7 Å². The number of anilines is 2. The molecular formula is C16H20ClN5OS. The molecule has 2 aromatic rings. The number of hydrogen-bond acceptors (Lipinski definition) is 5. The predicted octanol–water partition coefficient (Wildman–Crippen LogP) is 4.07. The second kappa shape index (κ2) is 7.92. The second-order valence-corrected chi connectivity index (χ2v) is 7.50. The van der Waals surface area contributed by atoms with Crippen LogP contribution in [0.25, 0.3) is 0 Å². The van der Waals surface area contributed by atoms with Crippen LogP contribution in [0.3, 0.4) is 0 Å². The molecule has 0 aliphatic carbocycles. The van der Waals surface area contributed by atoms with Gasteiger partial charge in [-0.25, -0.2) is 14.8 Å². The zero-order valence-electron chi connectivity index (χ0n) is 13.5. The summed E-state index contributed by atoms with van der Waals surface area (Å²) in [7, 11) is 0. The van der Waals surface area contributed by atoms with Crippen molar-refractivity contribution in [3.63, 3.8) is 0 Å². The summed E-state index contributed by atoms with van der Waals surface area (Å²) >= 11 is 7.01. The van der Waals surface area contributed by atoms with E-state index in [1.54, 1.807) is 11.4 Å². The minimum atomic E-state index is -0.381. The lowest BCUT2D eigenvalue weighted by Crippen LogP contribution is -2.34. The van der Waals surface area contributed by atoms with E-state index in [9.17, 15) is 4.79 Å². The van der Waals surface area contributed by atoms with Gasteiger partial charge >= 0.3 is 6.03 Å². The van der Waals surface area contributed by atoms with Crippen molar-refractivity contribution in [3.8, 4) is 0 Å². The zero-order valence-corrected chi connectivity index (χ0v) is 15.0. The van der Waals surface area contributed by atoms with Crippen LogP contribution in [0.4, 0.5) is 16.4 Å². The summed E-state index contributed by atoms with van der Waals surface area (Å²) in [5.41, 5.74) is 0.957. The molecule has 128 valence electrons. The minimum absolute atomic E-state index is 0.381. The molecule has 0 radical (unpaired) electrons. The predicted molar refractivity (Wildman–Crippen MR) is 97.7 cm³/mol. The first kappa shape index (κ1) is 17.1. The van der Waals surface area contributed by atoms with Gasteiger partial charge in [-0.15, -0.1) is 11.3 Å². The van der Waals surface area contributed by atoms with Gasteiger partial charge in [-0.05, 0) is 37.4 Å². The summed E-state index contributed by atoms with van der Waals surface area (Å²) in [6, 6.07) is 5.29. The third-order valence-electron chi connectivity index (χ3n) is 3.89. The molecule has 1 atom stereocenters. The summed E-state index contributed by atoms with van der Waals surface area (Å²) in [4.78, 5) is 22.9. The fourth-order valence-corrected chi connectivity index (χ4v) is 3.57. The smallest absolute Gasteiger partial charge is 0.297 e. The van der Waals surface area contributed by atoms with Crippen molar-refractivity contribution in [1.82, 2.24) is 14.9 Å². The number of halogens is 1. The maximum atomic E-state index is 12.0. The first-order valence-corrected chi connectivity index (χ1v) is 9.21. The van der Waals surface area contributed by atoms with Crippen LogP contribution in [0.5, 0.6) is 0 Å². The second-order valence-electron chi connectivity index (χ2n) is 6.06. The molecule has 6 nitrogen and oxygen atoms in total. The topological polar surface area (TPSA) is 70.2 Å². The molecule has 1 aliphatic heterocycles. The van der Waals surface area contributed by atoms with E-state index in [2.05, 4.69) is 32.4 Å². The Balaban J connectivity index is 1.57. The first-order valence-electron chi connectivity index (χ1n) is 7.96. The Morgan fingerprint density at radius 2 is 2.21 bits per heavy atom. The van der Waals surface area contributed by atoms with E-state index < -0.39 is 0 Å². The van der Waals surface area contributed by atoms with Gasteiger partial charge in [0, 0.05) is 18.5 Å². The number of aromatic nitrogens is 2. The van der Waals surface area contributed by atoms with E-state index in [1.807, 2.05) is 12.1 Å². The van der Waals surface area contributed by atoms with E-state index in [1.165, 1.54) is 24.2 Å². The summed E-state index contributed by atoms with van der Waals surface area (Å²) in [5, 5.41) is 7.04. The molecule has 0 aromatic carbocycles. The van der Waals surface area contributed by atoms with E-state index in [0.717, 1.165) is 31.2 Å². The van der Waals surface area contributed by atoms with Crippen molar-refractivity contribution < 1.29 is 4.79 Å². The summed E-state index contributed by atoms with van der Waals surface area (Å²) < 4.78 is 0.390. The molecule has 2 N–H and O–H groups in total. The molecule has 24 heavy (non-hydrogen) atoms. The number of nitrogens with one attached hydrogen (secondary N) is 2. The number of urea groups is 1. The van der Waals surface area contributed by atoms with Crippen LogP contribution in [-0.4, -0.2) is 34.0 Å². The van der Waals surface area contributed by atoms with Crippen molar-refractivity contribution in [2.45, 2.75) is 26.3 Å². The molecule has 0 bridgehead atoms. The molecule has 0 saturated carbocycles. The SMILES string of the molecule is CC1CCCN(Cc2cccc(NC(=O)Nc3csc(Cl)n3)n2)C1.